The molecular formula is C26H26N5O3S-. The second-order valence-corrected chi connectivity index (χ2v) is 8.55. The second-order valence-electron chi connectivity index (χ2n) is 7.54. The highest BCUT2D eigenvalue weighted by Gasteiger charge is 2.11. The first-order chi connectivity index (χ1) is 17.1. The van der Waals surface area contributed by atoms with Gasteiger partial charge in [-0.2, -0.15) is 15.6 Å². The summed E-state index contributed by atoms with van der Waals surface area (Å²) >= 11 is 0. The quantitative estimate of drug-likeness (QED) is 0.235. The maximum absolute atomic E-state index is 11.5. The highest BCUT2D eigenvalue weighted by molar-refractivity contribution is 7.73. The van der Waals surface area contributed by atoms with E-state index in [4.69, 9.17) is 19.2 Å². The molecule has 0 amide bonds. The molecule has 3 aromatic carbocycles. The van der Waals surface area contributed by atoms with Crippen LogP contribution in [0.25, 0.3) is 11.1 Å². The number of benzene rings is 3. The van der Waals surface area contributed by atoms with E-state index >= 15 is 0 Å². The average molecular weight is 489 g/mol. The topological polar surface area (TPSA) is 109 Å². The van der Waals surface area contributed by atoms with Gasteiger partial charge in [0.2, 0.25) is 5.95 Å². The van der Waals surface area contributed by atoms with Crippen LogP contribution in [0.1, 0.15) is 12.5 Å². The normalized spacial score (nSPS) is 10.7. The molecule has 0 bridgehead atoms. The number of rotatable bonds is 10. The number of aromatic nitrogens is 2. The van der Waals surface area contributed by atoms with Crippen LogP contribution in [0.5, 0.6) is 11.5 Å². The van der Waals surface area contributed by atoms with E-state index in [1.165, 1.54) is 0 Å². The lowest BCUT2D eigenvalue weighted by molar-refractivity contribution is 0.340. The van der Waals surface area contributed by atoms with Crippen molar-refractivity contribution in [3.63, 3.8) is 0 Å². The Labute approximate surface area is 206 Å². The van der Waals surface area contributed by atoms with Crippen LogP contribution in [-0.4, -0.2) is 23.7 Å². The van der Waals surface area contributed by atoms with Crippen molar-refractivity contribution in [2.24, 2.45) is 0 Å². The third-order valence-corrected chi connectivity index (χ3v) is 5.87. The van der Waals surface area contributed by atoms with Gasteiger partial charge in [0.25, 0.3) is 0 Å². The maximum atomic E-state index is 11.5. The molecule has 1 heterocycles. The van der Waals surface area contributed by atoms with Crippen molar-refractivity contribution in [1.82, 2.24) is 9.97 Å². The van der Waals surface area contributed by atoms with E-state index < -0.39 is 10.6 Å². The molecule has 9 heteroatoms. The minimum absolute atomic E-state index is 0.379. The SMILES string of the molecule is CCOc1ccc(-c2cnc(Nc3cccc([S-](=N)=O)c3)nc2NCc2ccc(OC)cc2)cc1. The molecule has 0 aliphatic rings. The minimum atomic E-state index is -1.82. The number of nitrogens with one attached hydrogen (secondary N) is 3. The van der Waals surface area contributed by atoms with Gasteiger partial charge < -0.3 is 29.1 Å². The molecule has 0 fully saturated rings. The Balaban J connectivity index is 1.63. The predicted octanol–water partition coefficient (Wildman–Crippen LogP) is 5.99. The van der Waals surface area contributed by atoms with Gasteiger partial charge in [-0.05, 0) is 48.4 Å². The maximum Gasteiger partial charge on any atom is 0.229 e. The molecule has 180 valence electrons. The summed E-state index contributed by atoms with van der Waals surface area (Å²) in [7, 11) is -0.181. The fraction of sp³-hybridized carbons (Fsp3) is 0.154. The van der Waals surface area contributed by atoms with Crippen molar-refractivity contribution in [2.45, 2.75) is 18.4 Å². The number of hydrogen-bond donors (Lipinski definition) is 3. The van der Waals surface area contributed by atoms with Crippen molar-refractivity contribution < 1.29 is 13.7 Å². The van der Waals surface area contributed by atoms with Gasteiger partial charge in [0.1, 0.15) is 17.3 Å². The van der Waals surface area contributed by atoms with Crippen LogP contribution in [-0.2, 0) is 21.3 Å². The fourth-order valence-corrected chi connectivity index (χ4v) is 3.87. The first-order valence-electron chi connectivity index (χ1n) is 11.0. The largest absolute Gasteiger partial charge is 0.497 e. The first-order valence-corrected chi connectivity index (χ1v) is 12.2. The Morgan fingerprint density at radius 3 is 2.43 bits per heavy atom. The van der Waals surface area contributed by atoms with Gasteiger partial charge in [-0.3, -0.25) is 0 Å². The number of hydrogen-bond acceptors (Lipinski definition) is 9. The van der Waals surface area contributed by atoms with Gasteiger partial charge >= 0.3 is 0 Å². The van der Waals surface area contributed by atoms with Crippen molar-refractivity contribution in [3.8, 4) is 22.6 Å². The summed E-state index contributed by atoms with van der Waals surface area (Å²) < 4.78 is 29.8. The zero-order chi connectivity index (χ0) is 24.6. The van der Waals surface area contributed by atoms with Crippen LogP contribution in [0.4, 0.5) is 17.5 Å². The summed E-state index contributed by atoms with van der Waals surface area (Å²) in [4.78, 5) is 9.61. The Morgan fingerprint density at radius 2 is 1.74 bits per heavy atom. The van der Waals surface area contributed by atoms with Crippen LogP contribution >= 0.6 is 0 Å². The number of nitrogens with zero attached hydrogens (tertiary/aromatic N) is 2. The number of anilines is 3. The fourth-order valence-electron chi connectivity index (χ4n) is 3.43. The van der Waals surface area contributed by atoms with Crippen molar-refractivity contribution in [2.75, 3.05) is 24.4 Å². The van der Waals surface area contributed by atoms with Crippen molar-refractivity contribution in [3.05, 3.63) is 84.6 Å². The molecule has 0 aliphatic carbocycles. The van der Waals surface area contributed by atoms with E-state index in [2.05, 4.69) is 15.6 Å². The van der Waals surface area contributed by atoms with Crippen LogP contribution in [0.3, 0.4) is 0 Å². The lowest BCUT2D eigenvalue weighted by atomic mass is 10.1. The molecule has 4 aromatic rings. The molecule has 0 spiro atoms. The molecule has 1 aromatic heterocycles. The monoisotopic (exact) mass is 488 g/mol. The molecule has 0 atom stereocenters. The molecule has 0 unspecified atom stereocenters. The lowest BCUT2D eigenvalue weighted by Crippen LogP contribution is -2.06. The smallest absolute Gasteiger partial charge is 0.229 e. The van der Waals surface area contributed by atoms with Gasteiger partial charge in [0, 0.05) is 24.0 Å². The summed E-state index contributed by atoms with van der Waals surface area (Å²) in [6.45, 7) is 3.11. The Hall–Kier alpha value is -4.11. The van der Waals surface area contributed by atoms with E-state index in [1.54, 1.807) is 31.5 Å². The Bertz CT molecular complexity index is 1350. The summed E-state index contributed by atoms with van der Waals surface area (Å²) in [5.74, 6) is 2.63. The van der Waals surface area contributed by atoms with Crippen LogP contribution in [0, 0.1) is 4.78 Å². The molecule has 4 rings (SSSR count). The molecule has 3 N–H and O–H groups in total. The summed E-state index contributed by atoms with van der Waals surface area (Å²) in [5.41, 5.74) is 3.51. The second kappa shape index (κ2) is 11.3. The van der Waals surface area contributed by atoms with Crippen LogP contribution < -0.4 is 20.1 Å². The summed E-state index contributed by atoms with van der Waals surface area (Å²) in [5, 5.41) is 6.56. The molecule has 0 radical (unpaired) electrons. The van der Waals surface area contributed by atoms with Crippen molar-refractivity contribution in [1.29, 1.82) is 4.78 Å². The summed E-state index contributed by atoms with van der Waals surface area (Å²) in [6, 6.07) is 22.5. The Morgan fingerprint density at radius 1 is 1.00 bits per heavy atom. The standard InChI is InChI=1S/C26H26N5O3S/c1-3-34-22-13-9-19(10-14-22)24-17-29-26(30-20-5-4-6-23(15-20)35(27)32)31-25(24)28-16-18-7-11-21(33-2)12-8-18/h4-15,17,27H,3,16H2,1-2H3,(H2,28,29,30,31)/q-1. The van der Waals surface area contributed by atoms with Gasteiger partial charge in [-0.15, -0.1) is 0 Å². The van der Waals surface area contributed by atoms with E-state index in [0.29, 0.717) is 35.5 Å². The molecule has 8 nitrogen and oxygen atoms in total. The highest BCUT2D eigenvalue weighted by atomic mass is 32.2. The number of methoxy groups -OCH3 is 1. The molecule has 0 saturated carbocycles. The zero-order valence-electron chi connectivity index (χ0n) is 19.4. The van der Waals surface area contributed by atoms with Crippen LogP contribution in [0.15, 0.2) is 83.9 Å². The van der Waals surface area contributed by atoms with E-state index in [0.717, 1.165) is 28.2 Å². The average Bonchev–Trinajstić information content (AvgIpc) is 2.89. The van der Waals surface area contributed by atoms with E-state index in [9.17, 15) is 4.21 Å². The Kier molecular flexibility index (Phi) is 7.79. The van der Waals surface area contributed by atoms with Gasteiger partial charge in [0.05, 0.1) is 13.7 Å². The van der Waals surface area contributed by atoms with Gasteiger partial charge in [-0.25, -0.2) is 4.98 Å². The van der Waals surface area contributed by atoms with E-state index in [1.807, 2.05) is 61.5 Å². The van der Waals surface area contributed by atoms with Gasteiger partial charge in [0.15, 0.2) is 0 Å². The predicted molar refractivity (Wildman–Crippen MR) is 138 cm³/mol. The first kappa shape index (κ1) is 24.0. The summed E-state index contributed by atoms with van der Waals surface area (Å²) in [6.07, 6.45) is 1.76. The minimum Gasteiger partial charge on any atom is -0.497 e. The molecule has 35 heavy (non-hydrogen) atoms. The third-order valence-electron chi connectivity index (χ3n) is 5.19. The molecular weight excluding hydrogens is 462 g/mol. The molecule has 0 aliphatic heterocycles. The highest BCUT2D eigenvalue weighted by Crippen LogP contribution is 2.29. The molecule has 0 saturated heterocycles. The van der Waals surface area contributed by atoms with E-state index in [-0.39, 0.29) is 0 Å². The van der Waals surface area contributed by atoms with Crippen LogP contribution in [0.2, 0.25) is 0 Å². The third kappa shape index (κ3) is 6.27. The lowest BCUT2D eigenvalue weighted by Gasteiger charge is -2.14. The number of ether oxygens (including phenoxy) is 2. The van der Waals surface area contributed by atoms with Gasteiger partial charge in [-0.1, -0.05) is 47.4 Å². The van der Waals surface area contributed by atoms with Crippen molar-refractivity contribution >= 4 is 28.0 Å². The zero-order valence-corrected chi connectivity index (χ0v) is 20.3.